The van der Waals surface area contributed by atoms with Gasteiger partial charge in [-0.1, -0.05) is 12.1 Å². The Morgan fingerprint density at radius 3 is 2.67 bits per heavy atom. The lowest BCUT2D eigenvalue weighted by molar-refractivity contribution is 0.0472. The van der Waals surface area contributed by atoms with Gasteiger partial charge < -0.3 is 9.47 Å². The Morgan fingerprint density at radius 1 is 1.14 bits per heavy atom. The van der Waals surface area contributed by atoms with Crippen LogP contribution in [0.4, 0.5) is 0 Å². The normalized spacial score (nSPS) is 10.0. The highest BCUT2D eigenvalue weighted by Gasteiger charge is 2.10. The number of hydrogen-bond acceptors (Lipinski definition) is 5. The van der Waals surface area contributed by atoms with Gasteiger partial charge >= 0.3 is 11.9 Å². The van der Waals surface area contributed by atoms with Crippen LogP contribution in [-0.2, 0) is 16.1 Å². The number of methoxy groups -OCH3 is 1. The van der Waals surface area contributed by atoms with Gasteiger partial charge in [0.2, 0.25) is 0 Å². The van der Waals surface area contributed by atoms with Gasteiger partial charge in [-0.05, 0) is 39.7 Å². The molecule has 108 valence electrons. The van der Waals surface area contributed by atoms with Crippen LogP contribution in [0.1, 0.15) is 26.3 Å². The van der Waals surface area contributed by atoms with Crippen LogP contribution in [-0.4, -0.2) is 24.0 Å². The average Bonchev–Trinajstić information content (AvgIpc) is 2.52. The van der Waals surface area contributed by atoms with Gasteiger partial charge in [-0.2, -0.15) is 0 Å². The fraction of sp³-hybridized carbons (Fsp3) is 0.133. The Hall–Kier alpha value is -2.21. The Balaban J connectivity index is 2.03. The summed E-state index contributed by atoms with van der Waals surface area (Å²) in [7, 11) is 1.31. The van der Waals surface area contributed by atoms with E-state index in [0.717, 1.165) is 0 Å². The van der Waals surface area contributed by atoms with Crippen LogP contribution >= 0.6 is 15.9 Å². The van der Waals surface area contributed by atoms with Crippen molar-refractivity contribution in [2.45, 2.75) is 6.61 Å². The molecule has 0 aliphatic carbocycles. The third-order valence-corrected chi connectivity index (χ3v) is 3.09. The number of esters is 2. The van der Waals surface area contributed by atoms with E-state index < -0.39 is 11.9 Å². The van der Waals surface area contributed by atoms with Crippen molar-refractivity contribution >= 4 is 27.9 Å². The summed E-state index contributed by atoms with van der Waals surface area (Å²) in [5.41, 5.74) is 1.47. The van der Waals surface area contributed by atoms with Gasteiger partial charge in [0.1, 0.15) is 6.61 Å². The van der Waals surface area contributed by atoms with Gasteiger partial charge in [-0.3, -0.25) is 4.98 Å². The predicted octanol–water partition coefficient (Wildman–Crippen LogP) is 2.99. The number of aromatic nitrogens is 1. The highest BCUT2D eigenvalue weighted by Crippen LogP contribution is 2.12. The van der Waals surface area contributed by atoms with Gasteiger partial charge in [-0.25, -0.2) is 9.59 Å². The number of ether oxygens (including phenoxy) is 2. The molecule has 0 fully saturated rings. The number of pyridine rings is 1. The zero-order valence-electron chi connectivity index (χ0n) is 11.2. The van der Waals surface area contributed by atoms with Gasteiger partial charge in [0, 0.05) is 16.9 Å². The van der Waals surface area contributed by atoms with Crippen molar-refractivity contribution in [1.82, 2.24) is 4.98 Å². The maximum absolute atomic E-state index is 11.9. The van der Waals surface area contributed by atoms with Crippen molar-refractivity contribution in [3.8, 4) is 0 Å². The molecule has 0 unspecified atom stereocenters. The first-order chi connectivity index (χ1) is 10.1. The van der Waals surface area contributed by atoms with Gasteiger partial charge in [0.25, 0.3) is 0 Å². The van der Waals surface area contributed by atoms with Crippen molar-refractivity contribution in [1.29, 1.82) is 0 Å². The van der Waals surface area contributed by atoms with E-state index in [0.29, 0.717) is 21.2 Å². The summed E-state index contributed by atoms with van der Waals surface area (Å²) in [4.78, 5) is 27.2. The van der Waals surface area contributed by atoms with Crippen LogP contribution in [0, 0.1) is 0 Å². The Labute approximate surface area is 130 Å². The summed E-state index contributed by atoms with van der Waals surface area (Å²) >= 11 is 3.24. The first kappa shape index (κ1) is 15.2. The zero-order chi connectivity index (χ0) is 15.2. The molecule has 6 heteroatoms. The van der Waals surface area contributed by atoms with Crippen LogP contribution in [0.2, 0.25) is 0 Å². The molecule has 1 aromatic heterocycles. The third kappa shape index (κ3) is 4.13. The van der Waals surface area contributed by atoms with Crippen LogP contribution in [0.25, 0.3) is 0 Å². The quantitative estimate of drug-likeness (QED) is 0.794. The molecule has 0 atom stereocenters. The standard InChI is InChI=1S/C15H12BrNO4/c1-20-14(18)11-4-2-3-10(5-11)9-21-15(19)12-6-13(16)8-17-7-12/h2-8H,9H2,1H3. The first-order valence-corrected chi connectivity index (χ1v) is 6.84. The summed E-state index contributed by atoms with van der Waals surface area (Å²) < 4.78 is 10.5. The molecule has 0 bridgehead atoms. The summed E-state index contributed by atoms with van der Waals surface area (Å²) in [5.74, 6) is -0.911. The van der Waals surface area contributed by atoms with E-state index in [9.17, 15) is 9.59 Å². The lowest BCUT2D eigenvalue weighted by Gasteiger charge is -2.06. The molecule has 0 N–H and O–H groups in total. The highest BCUT2D eigenvalue weighted by molar-refractivity contribution is 9.10. The molecule has 1 aromatic carbocycles. The molecule has 2 rings (SSSR count). The number of carbonyl (C=O) groups excluding carboxylic acids is 2. The van der Waals surface area contributed by atoms with Crippen LogP contribution in [0.5, 0.6) is 0 Å². The number of carbonyl (C=O) groups is 2. The summed E-state index contributed by atoms with van der Waals surface area (Å²) in [6, 6.07) is 8.35. The molecular formula is C15H12BrNO4. The molecule has 0 saturated carbocycles. The zero-order valence-corrected chi connectivity index (χ0v) is 12.8. The number of nitrogens with zero attached hydrogens (tertiary/aromatic N) is 1. The molecule has 21 heavy (non-hydrogen) atoms. The molecular weight excluding hydrogens is 338 g/mol. The topological polar surface area (TPSA) is 65.5 Å². The second-order valence-corrected chi connectivity index (χ2v) is 5.08. The third-order valence-electron chi connectivity index (χ3n) is 2.66. The minimum absolute atomic E-state index is 0.0657. The largest absolute Gasteiger partial charge is 0.465 e. The molecule has 5 nitrogen and oxygen atoms in total. The predicted molar refractivity (Wildman–Crippen MR) is 78.8 cm³/mol. The molecule has 0 amide bonds. The van der Waals surface area contributed by atoms with Crippen molar-refractivity contribution in [3.63, 3.8) is 0 Å². The lowest BCUT2D eigenvalue weighted by atomic mass is 10.1. The Morgan fingerprint density at radius 2 is 1.95 bits per heavy atom. The minimum atomic E-state index is -0.479. The molecule has 0 aliphatic rings. The molecule has 0 saturated heterocycles. The number of hydrogen-bond donors (Lipinski definition) is 0. The van der Waals surface area contributed by atoms with Crippen molar-refractivity contribution < 1.29 is 19.1 Å². The van der Waals surface area contributed by atoms with Gasteiger partial charge in [0.05, 0.1) is 18.2 Å². The second-order valence-electron chi connectivity index (χ2n) is 4.16. The van der Waals surface area contributed by atoms with E-state index >= 15 is 0 Å². The van der Waals surface area contributed by atoms with E-state index in [2.05, 4.69) is 25.7 Å². The maximum Gasteiger partial charge on any atom is 0.340 e. The smallest absolute Gasteiger partial charge is 0.340 e. The highest BCUT2D eigenvalue weighted by atomic mass is 79.9. The number of halogens is 1. The van der Waals surface area contributed by atoms with Crippen LogP contribution in [0.3, 0.4) is 0 Å². The summed E-state index contributed by atoms with van der Waals surface area (Å²) in [5, 5.41) is 0. The second kappa shape index (κ2) is 6.99. The van der Waals surface area contributed by atoms with Gasteiger partial charge in [0.15, 0.2) is 0 Å². The minimum Gasteiger partial charge on any atom is -0.465 e. The van der Waals surface area contributed by atoms with E-state index in [1.54, 1.807) is 36.5 Å². The average molecular weight is 350 g/mol. The van der Waals surface area contributed by atoms with Crippen LogP contribution in [0.15, 0.2) is 47.2 Å². The fourth-order valence-corrected chi connectivity index (χ4v) is 2.03. The van der Waals surface area contributed by atoms with Gasteiger partial charge in [-0.15, -0.1) is 0 Å². The summed E-state index contributed by atoms with van der Waals surface area (Å²) in [6.45, 7) is 0.0657. The number of benzene rings is 1. The monoisotopic (exact) mass is 349 g/mol. The van der Waals surface area contributed by atoms with Crippen LogP contribution < -0.4 is 0 Å². The summed E-state index contributed by atoms with van der Waals surface area (Å²) in [6.07, 6.45) is 3.01. The SMILES string of the molecule is COC(=O)c1cccc(COC(=O)c2cncc(Br)c2)c1. The van der Waals surface area contributed by atoms with E-state index in [4.69, 9.17) is 4.74 Å². The first-order valence-electron chi connectivity index (χ1n) is 6.05. The molecule has 0 spiro atoms. The van der Waals surface area contributed by atoms with Crippen molar-refractivity contribution in [2.75, 3.05) is 7.11 Å². The van der Waals surface area contributed by atoms with E-state index in [1.807, 2.05) is 0 Å². The van der Waals surface area contributed by atoms with E-state index in [-0.39, 0.29) is 6.61 Å². The molecule has 1 heterocycles. The Kier molecular flexibility index (Phi) is 5.05. The van der Waals surface area contributed by atoms with E-state index in [1.165, 1.54) is 13.3 Å². The fourth-order valence-electron chi connectivity index (χ4n) is 1.66. The Bertz CT molecular complexity index is 672. The van der Waals surface area contributed by atoms with Crippen molar-refractivity contribution in [2.24, 2.45) is 0 Å². The molecule has 0 radical (unpaired) electrons. The lowest BCUT2D eigenvalue weighted by Crippen LogP contribution is -2.07. The maximum atomic E-state index is 11.9. The number of rotatable bonds is 4. The molecule has 2 aromatic rings. The molecule has 0 aliphatic heterocycles. The van der Waals surface area contributed by atoms with Crippen molar-refractivity contribution in [3.05, 3.63) is 63.9 Å².